The summed E-state index contributed by atoms with van der Waals surface area (Å²) in [5.74, 6) is -1.98. The van der Waals surface area contributed by atoms with Crippen molar-refractivity contribution in [2.24, 2.45) is 11.3 Å². The second kappa shape index (κ2) is 24.0. The third-order valence-corrected chi connectivity index (χ3v) is 6.22. The first-order chi connectivity index (χ1) is 20.4. The monoisotopic (exact) mass is 610 g/mol. The predicted molar refractivity (Wildman–Crippen MR) is 160 cm³/mol. The predicted octanol–water partition coefficient (Wildman–Crippen LogP) is 2.98. The highest BCUT2D eigenvalue weighted by Gasteiger charge is 2.22. The molecule has 0 rings (SSSR count). The second-order valence-corrected chi connectivity index (χ2v) is 11.0. The number of nitrogens with one attached hydrogen (secondary N) is 2. The SMILES string of the molecule is C=CC(=O)OCCOC(=O)CCC(=O)CCCCNCCC(C)CC(C)(C)CNC(=O)CCC(=O)OCCOC(=O)C=C. The Morgan fingerprint density at radius 1 is 0.721 bits per heavy atom. The maximum absolute atomic E-state index is 12.2. The molecule has 0 spiro atoms. The highest BCUT2D eigenvalue weighted by atomic mass is 16.6. The molecule has 1 unspecified atom stereocenters. The summed E-state index contributed by atoms with van der Waals surface area (Å²) in [5.41, 5.74) is -0.115. The van der Waals surface area contributed by atoms with E-state index in [9.17, 15) is 28.8 Å². The number of ketones is 1. The van der Waals surface area contributed by atoms with Crippen molar-refractivity contribution < 1.29 is 47.7 Å². The summed E-state index contributed by atoms with van der Waals surface area (Å²) in [7, 11) is 0. The van der Waals surface area contributed by atoms with Crippen LogP contribution in [0.3, 0.4) is 0 Å². The van der Waals surface area contributed by atoms with Crippen molar-refractivity contribution in [1.29, 1.82) is 0 Å². The number of hydrogen-bond acceptors (Lipinski definition) is 11. The first kappa shape index (κ1) is 39.5. The van der Waals surface area contributed by atoms with Gasteiger partial charge in [0.25, 0.3) is 0 Å². The number of rotatable bonds is 26. The van der Waals surface area contributed by atoms with Crippen molar-refractivity contribution >= 4 is 35.6 Å². The molecular weight excluding hydrogens is 560 g/mol. The van der Waals surface area contributed by atoms with Gasteiger partial charge in [-0.1, -0.05) is 33.9 Å². The van der Waals surface area contributed by atoms with Gasteiger partial charge in [-0.3, -0.25) is 19.2 Å². The van der Waals surface area contributed by atoms with Gasteiger partial charge < -0.3 is 29.6 Å². The van der Waals surface area contributed by atoms with Crippen LogP contribution in [0, 0.1) is 11.3 Å². The van der Waals surface area contributed by atoms with Gasteiger partial charge >= 0.3 is 23.9 Å². The van der Waals surface area contributed by atoms with Crippen LogP contribution in [-0.2, 0) is 47.7 Å². The molecule has 0 aliphatic rings. The van der Waals surface area contributed by atoms with Crippen LogP contribution >= 0.6 is 0 Å². The molecule has 0 saturated carbocycles. The van der Waals surface area contributed by atoms with Gasteiger partial charge in [0.05, 0.1) is 12.8 Å². The summed E-state index contributed by atoms with van der Waals surface area (Å²) < 4.78 is 19.2. The molecule has 12 nitrogen and oxygen atoms in total. The molecule has 0 aliphatic heterocycles. The number of Topliss-reactive ketones (excluding diaryl/α,β-unsaturated/α-hetero) is 1. The quantitative estimate of drug-likeness (QED) is 0.0640. The summed E-state index contributed by atoms with van der Waals surface area (Å²) in [5, 5.41) is 6.29. The number of unbranched alkanes of at least 4 members (excludes halogenated alkanes) is 1. The Bertz CT molecular complexity index is 916. The van der Waals surface area contributed by atoms with Crippen molar-refractivity contribution in [1.82, 2.24) is 10.6 Å². The number of esters is 4. The zero-order chi connectivity index (χ0) is 32.5. The van der Waals surface area contributed by atoms with E-state index in [2.05, 4.69) is 44.6 Å². The lowest BCUT2D eigenvalue weighted by atomic mass is 9.82. The zero-order valence-electron chi connectivity index (χ0n) is 26.0. The van der Waals surface area contributed by atoms with E-state index < -0.39 is 23.9 Å². The van der Waals surface area contributed by atoms with Crippen LogP contribution in [0.1, 0.15) is 78.6 Å². The minimum absolute atomic E-state index is 0.0109. The molecule has 0 aromatic heterocycles. The van der Waals surface area contributed by atoms with Crippen molar-refractivity contribution in [2.45, 2.75) is 78.6 Å². The normalized spacial score (nSPS) is 11.5. The lowest BCUT2D eigenvalue weighted by Crippen LogP contribution is -2.35. The smallest absolute Gasteiger partial charge is 0.330 e. The van der Waals surface area contributed by atoms with Crippen molar-refractivity contribution in [3.8, 4) is 0 Å². The van der Waals surface area contributed by atoms with Gasteiger partial charge in [0.2, 0.25) is 5.91 Å². The Kier molecular flexibility index (Phi) is 22.0. The fourth-order valence-corrected chi connectivity index (χ4v) is 4.03. The maximum Gasteiger partial charge on any atom is 0.330 e. The standard InChI is InChI=1S/C31H50N2O10/c1-6-27(36)40-18-20-42-29(38)13-11-25(34)10-8-9-16-32-17-15-24(3)22-31(4,5)23-33-26(35)12-14-30(39)43-21-19-41-28(37)7-2/h6-7,24,32H,1-2,8-23H2,3-5H3,(H,33,35). The van der Waals surface area contributed by atoms with Crippen LogP contribution < -0.4 is 10.6 Å². The molecule has 0 radical (unpaired) electrons. The van der Waals surface area contributed by atoms with E-state index >= 15 is 0 Å². The number of carbonyl (C=O) groups is 6. The molecule has 0 bridgehead atoms. The molecule has 1 amide bonds. The maximum atomic E-state index is 12.2. The van der Waals surface area contributed by atoms with Crippen LogP contribution in [0.5, 0.6) is 0 Å². The second-order valence-electron chi connectivity index (χ2n) is 11.0. The Hall–Kier alpha value is -3.54. The van der Waals surface area contributed by atoms with E-state index in [0.717, 1.165) is 50.9 Å². The van der Waals surface area contributed by atoms with Gasteiger partial charge in [-0.2, -0.15) is 0 Å². The Morgan fingerprint density at radius 3 is 1.81 bits per heavy atom. The van der Waals surface area contributed by atoms with Crippen LogP contribution in [0.4, 0.5) is 0 Å². The molecular formula is C31H50N2O10. The number of carbonyl (C=O) groups excluding carboxylic acids is 6. The van der Waals surface area contributed by atoms with Gasteiger partial charge in [-0.25, -0.2) is 9.59 Å². The summed E-state index contributed by atoms with van der Waals surface area (Å²) in [6, 6.07) is 0. The van der Waals surface area contributed by atoms with E-state index in [4.69, 9.17) is 18.9 Å². The van der Waals surface area contributed by atoms with E-state index in [-0.39, 0.29) is 69.2 Å². The van der Waals surface area contributed by atoms with Crippen molar-refractivity contribution in [3.63, 3.8) is 0 Å². The summed E-state index contributed by atoms with van der Waals surface area (Å²) in [6.07, 6.45) is 6.06. The minimum Gasteiger partial charge on any atom is -0.462 e. The number of hydrogen-bond donors (Lipinski definition) is 2. The molecule has 43 heavy (non-hydrogen) atoms. The largest absolute Gasteiger partial charge is 0.462 e. The highest BCUT2D eigenvalue weighted by Crippen LogP contribution is 2.26. The zero-order valence-corrected chi connectivity index (χ0v) is 26.0. The highest BCUT2D eigenvalue weighted by molar-refractivity contribution is 5.83. The number of amides is 1. The van der Waals surface area contributed by atoms with Crippen LogP contribution in [0.2, 0.25) is 0 Å². The lowest BCUT2D eigenvalue weighted by molar-refractivity contribution is -0.150. The van der Waals surface area contributed by atoms with Crippen molar-refractivity contribution in [3.05, 3.63) is 25.3 Å². The van der Waals surface area contributed by atoms with Gasteiger partial charge in [-0.15, -0.1) is 0 Å². The third kappa shape index (κ3) is 24.7. The number of ether oxygens (including phenoxy) is 4. The van der Waals surface area contributed by atoms with Crippen molar-refractivity contribution in [2.75, 3.05) is 46.1 Å². The fourth-order valence-electron chi connectivity index (χ4n) is 4.03. The van der Waals surface area contributed by atoms with Gasteiger partial charge in [-0.05, 0) is 50.1 Å². The Morgan fingerprint density at radius 2 is 1.26 bits per heavy atom. The van der Waals surface area contributed by atoms with Crippen LogP contribution in [0.15, 0.2) is 25.3 Å². The molecule has 2 N–H and O–H groups in total. The van der Waals surface area contributed by atoms with Crippen LogP contribution in [0.25, 0.3) is 0 Å². The van der Waals surface area contributed by atoms with E-state index in [1.54, 1.807) is 0 Å². The van der Waals surface area contributed by atoms with Gasteiger partial charge in [0.1, 0.15) is 32.2 Å². The molecule has 0 aliphatic carbocycles. The molecule has 0 heterocycles. The van der Waals surface area contributed by atoms with Gasteiger partial charge in [0, 0.05) is 38.0 Å². The van der Waals surface area contributed by atoms with E-state index in [1.807, 2.05) is 0 Å². The molecule has 244 valence electrons. The topological polar surface area (TPSA) is 163 Å². The molecule has 0 fully saturated rings. The first-order valence-electron chi connectivity index (χ1n) is 14.8. The lowest BCUT2D eigenvalue weighted by Gasteiger charge is -2.28. The molecule has 1 atom stereocenters. The van der Waals surface area contributed by atoms with E-state index in [0.29, 0.717) is 18.9 Å². The summed E-state index contributed by atoms with van der Waals surface area (Å²) in [6.45, 7) is 14.8. The summed E-state index contributed by atoms with van der Waals surface area (Å²) in [4.78, 5) is 69.3. The minimum atomic E-state index is -0.593. The average Bonchev–Trinajstić information content (AvgIpc) is 2.97. The molecule has 0 saturated heterocycles. The molecule has 0 aromatic rings. The first-order valence-corrected chi connectivity index (χ1v) is 14.8. The Labute approximate surface area is 255 Å². The summed E-state index contributed by atoms with van der Waals surface area (Å²) >= 11 is 0. The molecule has 0 aromatic carbocycles. The van der Waals surface area contributed by atoms with Crippen LogP contribution in [-0.4, -0.2) is 81.6 Å². The Balaban J connectivity index is 3.84. The van der Waals surface area contributed by atoms with E-state index in [1.165, 1.54) is 0 Å². The third-order valence-electron chi connectivity index (χ3n) is 6.22. The fraction of sp³-hybridized carbons (Fsp3) is 0.677. The molecule has 12 heteroatoms. The average molecular weight is 611 g/mol. The van der Waals surface area contributed by atoms with Gasteiger partial charge in [0.15, 0.2) is 0 Å².